The first kappa shape index (κ1) is 23.7. The maximum absolute atomic E-state index is 13.7. The van der Waals surface area contributed by atoms with Crippen LogP contribution in [-0.2, 0) is 19.6 Å². The fourth-order valence-corrected chi connectivity index (χ4v) is 5.77. The molecule has 174 valence electrons. The van der Waals surface area contributed by atoms with Crippen molar-refractivity contribution in [3.63, 3.8) is 0 Å². The van der Waals surface area contributed by atoms with Crippen LogP contribution >= 0.6 is 0 Å². The van der Waals surface area contributed by atoms with Crippen molar-refractivity contribution in [1.29, 1.82) is 5.41 Å². The van der Waals surface area contributed by atoms with Crippen LogP contribution in [0.2, 0.25) is 0 Å². The van der Waals surface area contributed by atoms with E-state index in [4.69, 9.17) is 11.1 Å². The number of piperidine rings is 1. The molecule has 2 atom stereocenters. The molecule has 11 heteroatoms. The highest BCUT2D eigenvalue weighted by Crippen LogP contribution is 2.35. The average Bonchev–Trinajstić information content (AvgIpc) is 2.94. The van der Waals surface area contributed by atoms with Gasteiger partial charge in [0, 0.05) is 19.5 Å². The summed E-state index contributed by atoms with van der Waals surface area (Å²) in [4.78, 5) is 28.1. The van der Waals surface area contributed by atoms with Gasteiger partial charge in [0.25, 0.3) is 0 Å². The van der Waals surface area contributed by atoms with Gasteiger partial charge < -0.3 is 20.9 Å². The molecule has 1 aromatic carbocycles. The molecule has 2 heterocycles. The molecule has 5 N–H and O–H groups in total. The Bertz CT molecular complexity index is 983. The Labute approximate surface area is 188 Å². The number of benzene rings is 1. The number of nitrogens with zero attached hydrogens (tertiary/aromatic N) is 2. The van der Waals surface area contributed by atoms with Crippen molar-refractivity contribution >= 4 is 28.3 Å². The van der Waals surface area contributed by atoms with E-state index in [1.807, 2.05) is 0 Å². The first-order valence-corrected chi connectivity index (χ1v) is 12.0. The lowest BCUT2D eigenvalue weighted by atomic mass is 9.89. The van der Waals surface area contributed by atoms with Crippen LogP contribution in [0.15, 0.2) is 47.4 Å². The molecule has 0 spiro atoms. The number of carbonyl (C=O) groups excluding carboxylic acids is 2. The zero-order valence-corrected chi connectivity index (χ0v) is 18.7. The Hall–Kier alpha value is -2.92. The molecule has 2 aliphatic rings. The van der Waals surface area contributed by atoms with Crippen LogP contribution in [0.5, 0.6) is 0 Å². The van der Waals surface area contributed by atoms with E-state index in [0.717, 1.165) is 5.57 Å². The third kappa shape index (κ3) is 4.78. The highest BCUT2D eigenvalue weighted by molar-refractivity contribution is 7.89. The summed E-state index contributed by atoms with van der Waals surface area (Å²) in [7, 11) is -3.91. The third-order valence-electron chi connectivity index (χ3n) is 6.03. The lowest BCUT2D eigenvalue weighted by molar-refractivity contribution is -0.147. The Morgan fingerprint density at radius 1 is 1.28 bits per heavy atom. The first-order valence-electron chi connectivity index (χ1n) is 10.6. The topological polar surface area (TPSA) is 149 Å². The number of rotatable bonds is 7. The number of sulfonamides is 1. The molecule has 2 amide bonds. The Balaban J connectivity index is 1.97. The van der Waals surface area contributed by atoms with E-state index < -0.39 is 27.6 Å². The van der Waals surface area contributed by atoms with E-state index in [1.165, 1.54) is 12.1 Å². The van der Waals surface area contributed by atoms with Crippen LogP contribution in [0, 0.1) is 5.41 Å². The number of carbonyl (C=O) groups is 2. The number of guanidine groups is 1. The van der Waals surface area contributed by atoms with E-state index in [1.54, 1.807) is 28.0 Å². The Morgan fingerprint density at radius 2 is 2.00 bits per heavy atom. The van der Waals surface area contributed by atoms with E-state index in [2.05, 4.69) is 16.6 Å². The molecule has 0 saturated carbocycles. The second-order valence-corrected chi connectivity index (χ2v) is 9.88. The van der Waals surface area contributed by atoms with Crippen molar-refractivity contribution in [2.24, 2.45) is 5.73 Å². The van der Waals surface area contributed by atoms with Gasteiger partial charge in [-0.15, -0.1) is 0 Å². The van der Waals surface area contributed by atoms with Gasteiger partial charge in [-0.25, -0.2) is 8.42 Å². The standard InChI is InChI=1S/C21H30N6O4S/c1-16-10-12-27(20(22)23)21(13-16,14-24-15-28)26-11-6-5-9-18(19(26)29)25-32(30,31)17-7-3-2-4-8-17/h2-4,7-8,15,18,25H,1,5-6,9-14H2,(H3,22,23)(H,24,28). The number of hydrogen-bond donors (Lipinski definition) is 4. The largest absolute Gasteiger partial charge is 0.370 e. The molecule has 2 saturated heterocycles. The van der Waals surface area contributed by atoms with Crippen LogP contribution in [0.25, 0.3) is 0 Å². The molecular formula is C21H30N6O4S. The SMILES string of the molecule is C=C1CCN(C(=N)N)C(CNC=O)(N2CCCCC(NS(=O)(=O)c3ccccc3)C2=O)C1. The third-order valence-corrected chi connectivity index (χ3v) is 7.51. The summed E-state index contributed by atoms with van der Waals surface area (Å²) in [6, 6.07) is 6.93. The molecular weight excluding hydrogens is 432 g/mol. The molecule has 10 nitrogen and oxygen atoms in total. The smallest absolute Gasteiger partial charge is 0.242 e. The Kier molecular flexibility index (Phi) is 7.19. The maximum atomic E-state index is 13.7. The average molecular weight is 463 g/mol. The molecule has 3 rings (SSSR count). The van der Waals surface area contributed by atoms with Crippen molar-refractivity contribution in [1.82, 2.24) is 19.8 Å². The predicted molar refractivity (Wildman–Crippen MR) is 120 cm³/mol. The van der Waals surface area contributed by atoms with E-state index in [9.17, 15) is 18.0 Å². The number of nitrogens with one attached hydrogen (secondary N) is 3. The Morgan fingerprint density at radius 3 is 2.66 bits per heavy atom. The maximum Gasteiger partial charge on any atom is 0.242 e. The quantitative estimate of drug-likeness (QED) is 0.199. The molecule has 1 aromatic rings. The van der Waals surface area contributed by atoms with E-state index >= 15 is 0 Å². The number of amides is 2. The zero-order chi connectivity index (χ0) is 23.4. The van der Waals surface area contributed by atoms with Gasteiger partial charge in [-0.2, -0.15) is 4.72 Å². The summed E-state index contributed by atoms with van der Waals surface area (Å²) < 4.78 is 28.4. The second kappa shape index (κ2) is 9.70. The van der Waals surface area contributed by atoms with Gasteiger partial charge in [-0.05, 0) is 37.8 Å². The molecule has 2 fully saturated rings. The van der Waals surface area contributed by atoms with Gasteiger partial charge in [0.1, 0.15) is 11.7 Å². The lowest BCUT2D eigenvalue weighted by Crippen LogP contribution is -2.72. The number of hydrogen-bond acceptors (Lipinski definition) is 5. The van der Waals surface area contributed by atoms with Crippen molar-refractivity contribution < 1.29 is 18.0 Å². The minimum Gasteiger partial charge on any atom is -0.370 e. The second-order valence-electron chi connectivity index (χ2n) is 8.17. The summed E-state index contributed by atoms with van der Waals surface area (Å²) in [6.45, 7) is 4.83. The summed E-state index contributed by atoms with van der Waals surface area (Å²) in [5, 5.41) is 10.7. The molecule has 2 aliphatic heterocycles. The highest BCUT2D eigenvalue weighted by Gasteiger charge is 2.49. The van der Waals surface area contributed by atoms with Gasteiger partial charge in [-0.3, -0.25) is 15.0 Å². The van der Waals surface area contributed by atoms with Crippen molar-refractivity contribution in [2.45, 2.75) is 48.7 Å². The summed E-state index contributed by atoms with van der Waals surface area (Å²) in [6.07, 6.45) is 3.10. The summed E-state index contributed by atoms with van der Waals surface area (Å²) in [5.41, 5.74) is 5.62. The predicted octanol–water partition coefficient (Wildman–Crippen LogP) is 0.334. The zero-order valence-electron chi connectivity index (χ0n) is 17.9. The fraction of sp³-hybridized carbons (Fsp3) is 0.476. The minimum atomic E-state index is -3.91. The van der Waals surface area contributed by atoms with Gasteiger partial charge in [0.05, 0.1) is 11.4 Å². The van der Waals surface area contributed by atoms with Crippen LogP contribution in [0.1, 0.15) is 32.1 Å². The van der Waals surface area contributed by atoms with Gasteiger partial charge >= 0.3 is 0 Å². The van der Waals surface area contributed by atoms with E-state index in [-0.39, 0.29) is 17.4 Å². The monoisotopic (exact) mass is 462 g/mol. The van der Waals surface area contributed by atoms with Crippen LogP contribution in [0.4, 0.5) is 0 Å². The number of nitrogens with two attached hydrogens (primary N) is 1. The van der Waals surface area contributed by atoms with Gasteiger partial charge in [0.2, 0.25) is 22.3 Å². The molecule has 2 unspecified atom stereocenters. The summed E-state index contributed by atoms with van der Waals surface area (Å²) in [5.74, 6) is -0.626. The first-order chi connectivity index (χ1) is 15.2. The van der Waals surface area contributed by atoms with Crippen LogP contribution in [0.3, 0.4) is 0 Å². The molecule has 32 heavy (non-hydrogen) atoms. The van der Waals surface area contributed by atoms with Crippen molar-refractivity contribution in [2.75, 3.05) is 19.6 Å². The van der Waals surface area contributed by atoms with Gasteiger partial charge in [-0.1, -0.05) is 30.4 Å². The molecule has 0 aromatic heterocycles. The molecule has 0 radical (unpaired) electrons. The minimum absolute atomic E-state index is 0.0407. The fourth-order valence-electron chi connectivity index (χ4n) is 4.52. The van der Waals surface area contributed by atoms with Crippen molar-refractivity contribution in [3.05, 3.63) is 42.5 Å². The van der Waals surface area contributed by atoms with Gasteiger partial charge in [0.15, 0.2) is 5.96 Å². The van der Waals surface area contributed by atoms with Crippen molar-refractivity contribution in [3.8, 4) is 0 Å². The summed E-state index contributed by atoms with van der Waals surface area (Å²) >= 11 is 0. The molecule has 0 bridgehead atoms. The number of likely N-dealkylation sites (tertiary alicyclic amines) is 2. The molecule has 0 aliphatic carbocycles. The highest BCUT2D eigenvalue weighted by atomic mass is 32.2. The van der Waals surface area contributed by atoms with E-state index in [0.29, 0.717) is 51.6 Å². The van der Waals surface area contributed by atoms with Crippen LogP contribution in [-0.4, -0.2) is 67.8 Å². The lowest BCUT2D eigenvalue weighted by Gasteiger charge is -2.54. The van der Waals surface area contributed by atoms with Crippen LogP contribution < -0.4 is 15.8 Å². The normalized spacial score (nSPS) is 24.7.